The number of hydrogen-bond donors (Lipinski definition) is 0. The number of piperidine rings is 1. The number of nitrogens with zero attached hydrogens (tertiary/aromatic N) is 1. The molecular formula is C21H28ClN. The number of halogens is 1. The smallest absolute Gasteiger partial charge is 0.0227 e. The fourth-order valence-corrected chi connectivity index (χ4v) is 3.86. The van der Waals surface area contributed by atoms with Crippen molar-refractivity contribution in [1.29, 1.82) is 0 Å². The maximum absolute atomic E-state index is 2.66. The van der Waals surface area contributed by atoms with E-state index in [-0.39, 0.29) is 17.8 Å². The largest absolute Gasteiger partial charge is 0.301 e. The van der Waals surface area contributed by atoms with Gasteiger partial charge < -0.3 is 4.90 Å². The molecule has 2 aromatic carbocycles. The Kier molecular flexibility index (Phi) is 6.26. The molecule has 1 unspecified atom stereocenters. The van der Waals surface area contributed by atoms with Gasteiger partial charge in [0.1, 0.15) is 0 Å². The summed E-state index contributed by atoms with van der Waals surface area (Å²) in [5.74, 6) is 0. The summed E-state index contributed by atoms with van der Waals surface area (Å²) in [6.07, 6.45) is 3.67. The summed E-state index contributed by atoms with van der Waals surface area (Å²) in [5.41, 5.74) is 3.14. The predicted molar refractivity (Wildman–Crippen MR) is 101 cm³/mol. The minimum absolute atomic E-state index is 0. The number of hydrogen-bond acceptors (Lipinski definition) is 1. The zero-order valence-electron chi connectivity index (χ0n) is 14.2. The van der Waals surface area contributed by atoms with Gasteiger partial charge in [0.15, 0.2) is 0 Å². The van der Waals surface area contributed by atoms with Crippen LogP contribution in [-0.4, -0.2) is 24.0 Å². The Hall–Kier alpha value is -1.31. The van der Waals surface area contributed by atoms with Crippen LogP contribution in [-0.2, 0) is 5.41 Å². The standard InChI is InChI=1S/C21H27N.ClH/c1-3-18(2)22-16-14-21(15-17-22,19-10-6-4-7-11-19)20-12-8-5-9-13-20;/h4-13,18H,3,14-17H2,1-2H3;1H. The van der Waals surface area contributed by atoms with Crippen molar-refractivity contribution in [2.24, 2.45) is 0 Å². The van der Waals surface area contributed by atoms with Crippen LogP contribution in [0.3, 0.4) is 0 Å². The molecule has 0 aliphatic carbocycles. The fraction of sp³-hybridized carbons (Fsp3) is 0.429. The molecule has 0 N–H and O–H groups in total. The highest BCUT2D eigenvalue weighted by atomic mass is 35.5. The number of likely N-dealkylation sites (tertiary alicyclic amines) is 1. The molecule has 1 fully saturated rings. The Bertz CT molecular complexity index is 532. The van der Waals surface area contributed by atoms with Crippen molar-refractivity contribution in [3.05, 3.63) is 71.8 Å². The molecule has 2 aromatic rings. The van der Waals surface area contributed by atoms with Gasteiger partial charge in [0.05, 0.1) is 0 Å². The molecule has 124 valence electrons. The van der Waals surface area contributed by atoms with Gasteiger partial charge in [-0.15, -0.1) is 12.4 Å². The van der Waals surface area contributed by atoms with Gasteiger partial charge in [-0.2, -0.15) is 0 Å². The zero-order valence-corrected chi connectivity index (χ0v) is 15.1. The molecule has 0 radical (unpaired) electrons. The van der Waals surface area contributed by atoms with Crippen molar-refractivity contribution in [2.45, 2.75) is 44.6 Å². The van der Waals surface area contributed by atoms with Crippen LogP contribution in [0, 0.1) is 0 Å². The highest BCUT2D eigenvalue weighted by Crippen LogP contribution is 2.42. The second kappa shape index (κ2) is 7.99. The summed E-state index contributed by atoms with van der Waals surface area (Å²) in [6.45, 7) is 7.04. The molecule has 3 rings (SSSR count). The molecule has 0 amide bonds. The molecule has 1 atom stereocenters. The Labute approximate surface area is 147 Å². The Morgan fingerprint density at radius 2 is 1.30 bits per heavy atom. The van der Waals surface area contributed by atoms with E-state index < -0.39 is 0 Å². The molecule has 2 heteroatoms. The molecule has 0 spiro atoms. The third-order valence-corrected chi connectivity index (χ3v) is 5.52. The average Bonchev–Trinajstić information content (AvgIpc) is 2.62. The first-order chi connectivity index (χ1) is 10.8. The lowest BCUT2D eigenvalue weighted by Gasteiger charge is -2.44. The van der Waals surface area contributed by atoms with Gasteiger partial charge in [0, 0.05) is 11.5 Å². The lowest BCUT2D eigenvalue weighted by molar-refractivity contribution is 0.134. The highest BCUT2D eigenvalue weighted by molar-refractivity contribution is 5.85. The van der Waals surface area contributed by atoms with E-state index in [0.29, 0.717) is 6.04 Å². The van der Waals surface area contributed by atoms with E-state index in [0.717, 1.165) is 0 Å². The lowest BCUT2D eigenvalue weighted by Crippen LogP contribution is -2.46. The van der Waals surface area contributed by atoms with Gasteiger partial charge in [-0.05, 0) is 50.4 Å². The van der Waals surface area contributed by atoms with Crippen LogP contribution in [0.2, 0.25) is 0 Å². The molecule has 1 saturated heterocycles. The van der Waals surface area contributed by atoms with E-state index in [1.54, 1.807) is 0 Å². The van der Waals surface area contributed by atoms with Crippen molar-refractivity contribution < 1.29 is 0 Å². The van der Waals surface area contributed by atoms with Crippen LogP contribution in [0.1, 0.15) is 44.2 Å². The summed E-state index contributed by atoms with van der Waals surface area (Å²) in [4.78, 5) is 2.66. The van der Waals surface area contributed by atoms with Crippen molar-refractivity contribution in [3.63, 3.8) is 0 Å². The first kappa shape index (κ1) is 18.0. The maximum atomic E-state index is 2.66. The quantitative estimate of drug-likeness (QED) is 0.736. The van der Waals surface area contributed by atoms with E-state index in [4.69, 9.17) is 0 Å². The Morgan fingerprint density at radius 3 is 1.70 bits per heavy atom. The molecule has 23 heavy (non-hydrogen) atoms. The second-order valence-corrected chi connectivity index (χ2v) is 6.61. The molecule has 0 bridgehead atoms. The van der Waals surface area contributed by atoms with E-state index in [9.17, 15) is 0 Å². The monoisotopic (exact) mass is 329 g/mol. The normalized spacial score (nSPS) is 18.9. The number of benzene rings is 2. The van der Waals surface area contributed by atoms with Gasteiger partial charge in [-0.25, -0.2) is 0 Å². The minimum atomic E-state index is 0. The Morgan fingerprint density at radius 1 is 0.870 bits per heavy atom. The van der Waals surface area contributed by atoms with Crippen molar-refractivity contribution in [3.8, 4) is 0 Å². The summed E-state index contributed by atoms with van der Waals surface area (Å²) in [6, 6.07) is 22.9. The van der Waals surface area contributed by atoms with Gasteiger partial charge in [0.2, 0.25) is 0 Å². The van der Waals surface area contributed by atoms with Gasteiger partial charge in [-0.1, -0.05) is 67.6 Å². The highest BCUT2D eigenvalue weighted by Gasteiger charge is 2.38. The second-order valence-electron chi connectivity index (χ2n) is 6.61. The van der Waals surface area contributed by atoms with Crippen molar-refractivity contribution >= 4 is 12.4 Å². The Balaban J connectivity index is 0.00000192. The number of rotatable bonds is 4. The lowest BCUT2D eigenvalue weighted by atomic mass is 9.68. The van der Waals surface area contributed by atoms with E-state index in [1.165, 1.54) is 43.5 Å². The topological polar surface area (TPSA) is 3.24 Å². The third-order valence-electron chi connectivity index (χ3n) is 5.52. The van der Waals surface area contributed by atoms with Crippen molar-refractivity contribution in [1.82, 2.24) is 4.90 Å². The van der Waals surface area contributed by atoms with Crippen LogP contribution in [0.5, 0.6) is 0 Å². The van der Waals surface area contributed by atoms with Crippen LogP contribution in [0.4, 0.5) is 0 Å². The summed E-state index contributed by atoms with van der Waals surface area (Å²) in [7, 11) is 0. The molecule has 1 aliphatic rings. The van der Waals surface area contributed by atoms with Crippen LogP contribution >= 0.6 is 12.4 Å². The summed E-state index contributed by atoms with van der Waals surface area (Å²) in [5, 5.41) is 0. The average molecular weight is 330 g/mol. The van der Waals surface area contributed by atoms with Gasteiger partial charge in [-0.3, -0.25) is 0 Å². The summed E-state index contributed by atoms with van der Waals surface area (Å²) >= 11 is 0. The minimum Gasteiger partial charge on any atom is -0.301 e. The van der Waals surface area contributed by atoms with Crippen LogP contribution in [0.15, 0.2) is 60.7 Å². The molecule has 1 nitrogen and oxygen atoms in total. The van der Waals surface area contributed by atoms with Gasteiger partial charge >= 0.3 is 0 Å². The van der Waals surface area contributed by atoms with E-state index in [1.807, 2.05) is 0 Å². The van der Waals surface area contributed by atoms with Crippen molar-refractivity contribution in [2.75, 3.05) is 13.1 Å². The van der Waals surface area contributed by atoms with E-state index in [2.05, 4.69) is 79.4 Å². The first-order valence-electron chi connectivity index (χ1n) is 8.61. The third kappa shape index (κ3) is 3.62. The molecule has 1 heterocycles. The van der Waals surface area contributed by atoms with E-state index >= 15 is 0 Å². The van der Waals surface area contributed by atoms with Gasteiger partial charge in [0.25, 0.3) is 0 Å². The molecule has 1 aliphatic heterocycles. The van der Waals surface area contributed by atoms with Crippen LogP contribution in [0.25, 0.3) is 0 Å². The predicted octanol–water partition coefficient (Wildman–Crippen LogP) is 5.29. The molecule has 0 saturated carbocycles. The fourth-order valence-electron chi connectivity index (χ4n) is 3.86. The van der Waals surface area contributed by atoms with Crippen LogP contribution < -0.4 is 0 Å². The first-order valence-corrected chi connectivity index (χ1v) is 8.61. The maximum Gasteiger partial charge on any atom is 0.0227 e. The SMILES string of the molecule is CCC(C)N1CCC(c2ccccc2)(c2ccccc2)CC1.Cl. The summed E-state index contributed by atoms with van der Waals surface area (Å²) < 4.78 is 0. The zero-order chi connectivity index (χ0) is 15.4. The molecular weight excluding hydrogens is 302 g/mol. The molecule has 0 aromatic heterocycles.